The molecule has 36 heavy (non-hydrogen) atoms. The third-order valence-corrected chi connectivity index (χ3v) is 5.44. The molecule has 0 spiro atoms. The van der Waals surface area contributed by atoms with E-state index in [1.54, 1.807) is 6.92 Å². The number of rotatable bonds is 16. The van der Waals surface area contributed by atoms with Crippen molar-refractivity contribution >= 4 is 35.6 Å². The maximum atomic E-state index is 13.0. The van der Waals surface area contributed by atoms with Crippen molar-refractivity contribution in [1.82, 2.24) is 25.9 Å². The van der Waals surface area contributed by atoms with Crippen molar-refractivity contribution in [2.45, 2.75) is 70.1 Å². The van der Waals surface area contributed by atoms with Gasteiger partial charge in [-0.05, 0) is 12.3 Å². The first-order valence-corrected chi connectivity index (χ1v) is 11.2. The molecule has 200 valence electrons. The van der Waals surface area contributed by atoms with Gasteiger partial charge in [-0.2, -0.15) is 0 Å². The predicted molar refractivity (Wildman–Crippen MR) is 122 cm³/mol. The van der Waals surface area contributed by atoms with E-state index in [-0.39, 0.29) is 18.8 Å². The zero-order valence-corrected chi connectivity index (χ0v) is 19.9. The summed E-state index contributed by atoms with van der Waals surface area (Å²) in [4.78, 5) is 78.3. The number of aromatic nitrogens is 2. The van der Waals surface area contributed by atoms with E-state index in [0.717, 1.165) is 0 Å². The van der Waals surface area contributed by atoms with Crippen LogP contribution in [0.2, 0.25) is 0 Å². The van der Waals surface area contributed by atoms with E-state index in [4.69, 9.17) is 15.9 Å². The van der Waals surface area contributed by atoms with E-state index in [2.05, 4.69) is 25.9 Å². The van der Waals surface area contributed by atoms with Crippen LogP contribution in [0, 0.1) is 5.92 Å². The van der Waals surface area contributed by atoms with Crippen LogP contribution >= 0.6 is 0 Å². The van der Waals surface area contributed by atoms with Crippen molar-refractivity contribution in [3.8, 4) is 0 Å². The predicted octanol–water partition coefficient (Wildman–Crippen LogP) is -1.80. The number of carboxylic acids is 3. The van der Waals surface area contributed by atoms with E-state index in [1.807, 2.05) is 6.92 Å². The highest BCUT2D eigenvalue weighted by atomic mass is 16.4. The largest absolute Gasteiger partial charge is 0.481 e. The Hall–Kier alpha value is -4.01. The van der Waals surface area contributed by atoms with Gasteiger partial charge in [0.05, 0.1) is 18.8 Å². The number of imidazole rings is 1. The Bertz CT molecular complexity index is 936. The molecule has 0 aliphatic carbocycles. The molecule has 9 N–H and O–H groups in total. The van der Waals surface area contributed by atoms with Gasteiger partial charge in [0.2, 0.25) is 17.7 Å². The first kappa shape index (κ1) is 30.0. The van der Waals surface area contributed by atoms with Gasteiger partial charge in [-0.25, -0.2) is 9.78 Å². The van der Waals surface area contributed by atoms with Gasteiger partial charge in [0.15, 0.2) is 0 Å². The molecule has 1 rings (SSSR count). The van der Waals surface area contributed by atoms with Crippen molar-refractivity contribution in [3.63, 3.8) is 0 Å². The second-order valence-electron chi connectivity index (χ2n) is 8.24. The Morgan fingerprint density at radius 3 is 2.03 bits per heavy atom. The van der Waals surface area contributed by atoms with Gasteiger partial charge in [-0.3, -0.25) is 24.0 Å². The molecule has 3 amide bonds. The number of carbonyl (C=O) groups is 6. The van der Waals surface area contributed by atoms with Crippen LogP contribution in [0.3, 0.4) is 0 Å². The van der Waals surface area contributed by atoms with Crippen LogP contribution in [0.15, 0.2) is 12.5 Å². The average molecular weight is 513 g/mol. The highest BCUT2D eigenvalue weighted by molar-refractivity contribution is 5.95. The molecule has 0 saturated carbocycles. The SMILES string of the molecule is CCC(C)C(N)C(=O)NC(CCC(=O)O)C(=O)NC(Cc1cnc[nH]1)C(=O)NC(CC(=O)O)C(=O)O. The van der Waals surface area contributed by atoms with Crippen LogP contribution in [0.5, 0.6) is 0 Å². The zero-order chi connectivity index (χ0) is 27.4. The van der Waals surface area contributed by atoms with Gasteiger partial charge >= 0.3 is 17.9 Å². The van der Waals surface area contributed by atoms with E-state index in [0.29, 0.717) is 12.1 Å². The number of carboxylic acid groups (broad SMARTS) is 3. The van der Waals surface area contributed by atoms with E-state index < -0.39 is 72.6 Å². The minimum absolute atomic E-state index is 0.192. The first-order chi connectivity index (χ1) is 16.8. The molecule has 15 heteroatoms. The van der Waals surface area contributed by atoms with Crippen molar-refractivity contribution < 1.29 is 44.1 Å². The van der Waals surface area contributed by atoms with Crippen molar-refractivity contribution in [3.05, 3.63) is 18.2 Å². The van der Waals surface area contributed by atoms with Crippen LogP contribution in [-0.4, -0.2) is 85.1 Å². The maximum Gasteiger partial charge on any atom is 0.326 e. The zero-order valence-electron chi connectivity index (χ0n) is 19.9. The van der Waals surface area contributed by atoms with Gasteiger partial charge in [-0.15, -0.1) is 0 Å². The number of hydrogen-bond donors (Lipinski definition) is 8. The summed E-state index contributed by atoms with van der Waals surface area (Å²) >= 11 is 0. The molecule has 1 heterocycles. The smallest absolute Gasteiger partial charge is 0.326 e. The molecule has 0 fully saturated rings. The number of aliphatic carboxylic acids is 3. The average Bonchev–Trinajstić information content (AvgIpc) is 3.32. The third kappa shape index (κ3) is 10.1. The van der Waals surface area contributed by atoms with Crippen LogP contribution in [0.25, 0.3) is 0 Å². The van der Waals surface area contributed by atoms with Gasteiger partial charge < -0.3 is 42.0 Å². The van der Waals surface area contributed by atoms with Crippen LogP contribution < -0.4 is 21.7 Å². The summed E-state index contributed by atoms with van der Waals surface area (Å²) in [6.45, 7) is 3.55. The number of amides is 3. The summed E-state index contributed by atoms with van der Waals surface area (Å²) in [6.07, 6.45) is 1.35. The van der Waals surface area contributed by atoms with Crippen molar-refractivity contribution in [1.29, 1.82) is 0 Å². The molecule has 0 radical (unpaired) electrons. The minimum Gasteiger partial charge on any atom is -0.481 e. The molecule has 0 aromatic carbocycles. The lowest BCUT2D eigenvalue weighted by atomic mass is 9.98. The quantitative estimate of drug-likeness (QED) is 0.123. The summed E-state index contributed by atoms with van der Waals surface area (Å²) in [5, 5.41) is 34.0. The molecular formula is C21H32N6O9. The number of hydrogen-bond acceptors (Lipinski definition) is 8. The number of H-pyrrole nitrogens is 1. The Morgan fingerprint density at radius 1 is 0.944 bits per heavy atom. The fraction of sp³-hybridized carbons (Fsp3) is 0.571. The van der Waals surface area contributed by atoms with Crippen LogP contribution in [0.4, 0.5) is 0 Å². The minimum atomic E-state index is -1.77. The van der Waals surface area contributed by atoms with E-state index >= 15 is 0 Å². The highest BCUT2D eigenvalue weighted by Gasteiger charge is 2.32. The van der Waals surface area contributed by atoms with Crippen molar-refractivity contribution in [2.75, 3.05) is 0 Å². The standard InChI is InChI=1S/C21H32N6O9/c1-3-10(2)17(22)20(34)25-12(4-5-15(28)29)18(32)26-13(6-11-8-23-9-24-11)19(33)27-14(21(35)36)7-16(30)31/h8-10,12-14,17H,3-7,22H2,1-2H3,(H,23,24)(H,25,34)(H,26,32)(H,27,33)(H,28,29)(H,30,31)(H,35,36). The Balaban J connectivity index is 3.11. The summed E-state index contributed by atoms with van der Waals surface area (Å²) in [5.74, 6) is -7.12. The second kappa shape index (κ2) is 14.4. The molecule has 1 aromatic heterocycles. The van der Waals surface area contributed by atoms with Gasteiger partial charge in [0.1, 0.15) is 18.1 Å². The van der Waals surface area contributed by atoms with E-state index in [9.17, 15) is 33.9 Å². The van der Waals surface area contributed by atoms with Gasteiger partial charge in [0, 0.05) is 24.7 Å². The second-order valence-corrected chi connectivity index (χ2v) is 8.24. The molecule has 0 bridgehead atoms. The fourth-order valence-corrected chi connectivity index (χ4v) is 3.06. The maximum absolute atomic E-state index is 13.0. The molecular weight excluding hydrogens is 480 g/mol. The summed E-state index contributed by atoms with van der Waals surface area (Å²) in [5.41, 5.74) is 6.28. The topological polar surface area (TPSA) is 254 Å². The molecule has 1 aromatic rings. The number of nitrogens with zero attached hydrogens (tertiary/aromatic N) is 1. The van der Waals surface area contributed by atoms with E-state index in [1.165, 1.54) is 12.5 Å². The van der Waals surface area contributed by atoms with Crippen LogP contribution in [-0.2, 0) is 35.2 Å². The molecule has 5 unspecified atom stereocenters. The number of nitrogens with two attached hydrogens (primary N) is 1. The summed E-state index contributed by atoms with van der Waals surface area (Å²) < 4.78 is 0. The molecule has 15 nitrogen and oxygen atoms in total. The lowest BCUT2D eigenvalue weighted by molar-refractivity contribution is -0.147. The number of aromatic amines is 1. The Morgan fingerprint density at radius 2 is 1.53 bits per heavy atom. The highest BCUT2D eigenvalue weighted by Crippen LogP contribution is 2.08. The lowest BCUT2D eigenvalue weighted by Crippen LogP contribution is -2.58. The van der Waals surface area contributed by atoms with Crippen molar-refractivity contribution in [2.24, 2.45) is 11.7 Å². The Labute approximate surface area is 206 Å². The Kier molecular flexibility index (Phi) is 12.0. The lowest BCUT2D eigenvalue weighted by Gasteiger charge is -2.25. The summed E-state index contributed by atoms with van der Waals surface area (Å²) in [6, 6.07) is -5.52. The molecule has 5 atom stereocenters. The molecule has 0 aliphatic heterocycles. The molecule has 0 saturated heterocycles. The third-order valence-electron chi connectivity index (χ3n) is 5.44. The van der Waals surface area contributed by atoms with Gasteiger partial charge in [-0.1, -0.05) is 20.3 Å². The number of carbonyl (C=O) groups excluding carboxylic acids is 3. The summed E-state index contributed by atoms with van der Waals surface area (Å²) in [7, 11) is 0. The fourth-order valence-electron chi connectivity index (χ4n) is 3.06. The molecule has 0 aliphatic rings. The van der Waals surface area contributed by atoms with Gasteiger partial charge in [0.25, 0.3) is 0 Å². The normalized spacial score (nSPS) is 15.0. The first-order valence-electron chi connectivity index (χ1n) is 11.2. The monoisotopic (exact) mass is 512 g/mol. The van der Waals surface area contributed by atoms with Crippen LogP contribution in [0.1, 0.15) is 45.2 Å². The number of nitrogens with one attached hydrogen (secondary N) is 4.